The average molecular weight is 631 g/mol. The Morgan fingerprint density at radius 3 is 2.09 bits per heavy atom. The summed E-state index contributed by atoms with van der Waals surface area (Å²) in [5.41, 5.74) is -1.00. The van der Waals surface area contributed by atoms with E-state index < -0.39 is 53.1 Å². The van der Waals surface area contributed by atoms with Crippen molar-refractivity contribution in [1.29, 1.82) is 0 Å². The molecule has 5 nitrogen and oxygen atoms in total. The highest BCUT2D eigenvalue weighted by Gasteiger charge is 2.45. The fourth-order valence-corrected chi connectivity index (χ4v) is 6.03. The van der Waals surface area contributed by atoms with Gasteiger partial charge in [-0.1, -0.05) is 34.6 Å². The smallest absolute Gasteiger partial charge is 0.416 e. The molecule has 0 aliphatic carbocycles. The van der Waals surface area contributed by atoms with E-state index >= 15 is 0 Å². The van der Waals surface area contributed by atoms with Crippen molar-refractivity contribution in [2.45, 2.75) is 84.4 Å². The second-order valence-corrected chi connectivity index (χ2v) is 12.7. The molecule has 0 saturated carbocycles. The van der Waals surface area contributed by atoms with Gasteiger partial charge in [0.2, 0.25) is 0 Å². The summed E-state index contributed by atoms with van der Waals surface area (Å²) in [6.45, 7) is 11.8. The van der Waals surface area contributed by atoms with Gasteiger partial charge in [-0.2, -0.15) is 26.3 Å². The maximum Gasteiger partial charge on any atom is 0.416 e. The first kappa shape index (κ1) is 33.6. The van der Waals surface area contributed by atoms with Gasteiger partial charge in [-0.3, -0.25) is 4.90 Å². The van der Waals surface area contributed by atoms with Crippen molar-refractivity contribution in [1.82, 2.24) is 10.2 Å². The summed E-state index contributed by atoms with van der Waals surface area (Å²) >= 11 is 0. The highest BCUT2D eigenvalue weighted by atomic mass is 19.4. The van der Waals surface area contributed by atoms with Crippen molar-refractivity contribution in [2.75, 3.05) is 20.2 Å². The van der Waals surface area contributed by atoms with Crippen LogP contribution in [0, 0.1) is 11.2 Å². The van der Waals surface area contributed by atoms with E-state index in [2.05, 4.69) is 5.32 Å². The first-order valence-electron chi connectivity index (χ1n) is 14.3. The van der Waals surface area contributed by atoms with Gasteiger partial charge in [0.05, 0.1) is 24.3 Å². The third-order valence-electron chi connectivity index (χ3n) is 8.26. The second kappa shape index (κ2) is 11.9. The molecule has 1 amide bonds. The third-order valence-corrected chi connectivity index (χ3v) is 8.26. The molecule has 0 spiro atoms. The van der Waals surface area contributed by atoms with Gasteiger partial charge < -0.3 is 14.8 Å². The molecular weight excluding hydrogens is 593 g/mol. The van der Waals surface area contributed by atoms with E-state index in [1.807, 2.05) is 34.6 Å². The Balaban J connectivity index is 1.82. The average Bonchev–Trinajstić information content (AvgIpc) is 3.19. The molecule has 0 bridgehead atoms. The Morgan fingerprint density at radius 1 is 1.00 bits per heavy atom. The van der Waals surface area contributed by atoms with Crippen LogP contribution in [0.25, 0.3) is 5.57 Å². The number of methoxy groups -OCH3 is 1. The molecule has 3 atom stereocenters. The molecule has 1 fully saturated rings. The molecule has 2 heterocycles. The summed E-state index contributed by atoms with van der Waals surface area (Å²) in [7, 11) is 1.44. The Kier molecular flexibility index (Phi) is 9.10. The summed E-state index contributed by atoms with van der Waals surface area (Å²) in [5, 5.41) is 3.49. The molecule has 44 heavy (non-hydrogen) atoms. The molecule has 2 aliphatic heterocycles. The summed E-state index contributed by atoms with van der Waals surface area (Å²) in [5.74, 6) is -0.234. The fourth-order valence-electron chi connectivity index (χ4n) is 6.03. The Morgan fingerprint density at radius 2 is 1.59 bits per heavy atom. The molecule has 1 saturated heterocycles. The summed E-state index contributed by atoms with van der Waals surface area (Å²) < 4.78 is 107. The van der Waals surface area contributed by atoms with Crippen molar-refractivity contribution in [3.05, 3.63) is 69.5 Å². The first-order valence-corrected chi connectivity index (χ1v) is 14.3. The topological polar surface area (TPSA) is 50.8 Å². The molecule has 1 unspecified atom stereocenters. The quantitative estimate of drug-likeness (QED) is 0.325. The Labute approximate surface area is 252 Å². The van der Waals surface area contributed by atoms with E-state index in [0.717, 1.165) is 11.1 Å². The molecule has 0 aromatic heterocycles. The van der Waals surface area contributed by atoms with E-state index in [1.165, 1.54) is 25.0 Å². The van der Waals surface area contributed by atoms with Gasteiger partial charge >= 0.3 is 18.4 Å². The van der Waals surface area contributed by atoms with Crippen molar-refractivity contribution in [3.8, 4) is 5.75 Å². The minimum Gasteiger partial charge on any atom is -0.496 e. The van der Waals surface area contributed by atoms with Crippen LogP contribution in [-0.2, 0) is 17.1 Å². The van der Waals surface area contributed by atoms with Crippen LogP contribution in [0.3, 0.4) is 0 Å². The highest BCUT2D eigenvalue weighted by molar-refractivity contribution is 5.78. The Bertz CT molecular complexity index is 1410. The molecule has 12 heteroatoms. The molecule has 2 aromatic rings. The lowest BCUT2D eigenvalue weighted by atomic mass is 9.76. The van der Waals surface area contributed by atoms with Crippen LogP contribution in [0.1, 0.15) is 87.8 Å². The normalized spacial score (nSPS) is 21.8. The lowest BCUT2D eigenvalue weighted by molar-refractivity contribution is -0.143. The fraction of sp³-hybridized carbons (Fsp3) is 0.531. The van der Waals surface area contributed by atoms with Gasteiger partial charge in [-0.25, -0.2) is 9.18 Å². The molecule has 4 rings (SSSR count). The van der Waals surface area contributed by atoms with Gasteiger partial charge in [0.25, 0.3) is 0 Å². The number of halogens is 7. The maximum absolute atomic E-state index is 14.9. The first-order chi connectivity index (χ1) is 20.2. The monoisotopic (exact) mass is 630 g/mol. The lowest BCUT2D eigenvalue weighted by Crippen LogP contribution is -2.49. The number of alkyl halides is 6. The molecular formula is C32H37F7N2O3. The van der Waals surface area contributed by atoms with E-state index in [0.29, 0.717) is 42.0 Å². The maximum atomic E-state index is 14.9. The van der Waals surface area contributed by atoms with Gasteiger partial charge in [-0.15, -0.1) is 0 Å². The van der Waals surface area contributed by atoms with E-state index in [4.69, 9.17) is 9.47 Å². The van der Waals surface area contributed by atoms with E-state index in [9.17, 15) is 35.5 Å². The second-order valence-electron chi connectivity index (χ2n) is 12.7. The van der Waals surface area contributed by atoms with Crippen molar-refractivity contribution in [2.24, 2.45) is 5.41 Å². The molecule has 2 aromatic carbocycles. The van der Waals surface area contributed by atoms with Crippen LogP contribution in [0.15, 0.2) is 35.9 Å². The Hall–Kier alpha value is -3.28. The number of ether oxygens (including phenoxy) is 2. The predicted molar refractivity (Wildman–Crippen MR) is 152 cm³/mol. The summed E-state index contributed by atoms with van der Waals surface area (Å²) in [4.78, 5) is 14.6. The standard InChI is InChI=1S/C32H37F7N2O3/c1-16(2)22-13-23(26(43-7)14-25(22)33)21-8-9-40-28(30(4,5)6)24(21)15-41-17(3)27(44-29(41)42)18-10-19(31(34,35)36)12-20(11-18)32(37,38)39/h10-14,16-17,27-28,40H,8-9,15H2,1-7H3/t17-,27-,28?/m0/s1. The van der Waals surface area contributed by atoms with Crippen molar-refractivity contribution in [3.63, 3.8) is 0 Å². The zero-order valence-corrected chi connectivity index (χ0v) is 25.6. The number of hydrogen-bond donors (Lipinski definition) is 1. The summed E-state index contributed by atoms with van der Waals surface area (Å²) in [6, 6.07) is 3.11. The predicted octanol–water partition coefficient (Wildman–Crippen LogP) is 8.74. The molecule has 0 radical (unpaired) electrons. The largest absolute Gasteiger partial charge is 0.496 e. The van der Waals surface area contributed by atoms with Crippen molar-refractivity contribution < 1.29 is 45.0 Å². The minimum atomic E-state index is -5.04. The van der Waals surface area contributed by atoms with Gasteiger partial charge in [0.1, 0.15) is 17.7 Å². The zero-order chi connectivity index (χ0) is 32.9. The number of carbonyl (C=O) groups is 1. The summed E-state index contributed by atoms with van der Waals surface area (Å²) in [6.07, 6.45) is -11.8. The van der Waals surface area contributed by atoms with Crippen LogP contribution < -0.4 is 10.1 Å². The van der Waals surface area contributed by atoms with E-state index in [-0.39, 0.29) is 30.0 Å². The number of amides is 1. The highest BCUT2D eigenvalue weighted by Crippen LogP contribution is 2.44. The van der Waals surface area contributed by atoms with Crippen LogP contribution in [0.4, 0.5) is 35.5 Å². The molecule has 242 valence electrons. The van der Waals surface area contributed by atoms with Crippen LogP contribution in [0.5, 0.6) is 5.75 Å². The SMILES string of the molecule is COc1cc(F)c(C(C)C)cc1C1=C(CN2C(=O)O[C@H](c3cc(C(F)(F)F)cc(C(F)(F)F)c3)[C@@H]2C)C(C(C)(C)C)NCC1. The number of nitrogens with one attached hydrogen (secondary N) is 1. The minimum absolute atomic E-state index is 0.0244. The van der Waals surface area contributed by atoms with Gasteiger partial charge in [-0.05, 0) is 77.8 Å². The lowest BCUT2D eigenvalue weighted by Gasteiger charge is -2.40. The molecule has 2 aliphatic rings. The zero-order valence-electron chi connectivity index (χ0n) is 25.6. The van der Waals surface area contributed by atoms with Gasteiger partial charge in [0, 0.05) is 24.2 Å². The van der Waals surface area contributed by atoms with Crippen LogP contribution in [0.2, 0.25) is 0 Å². The number of nitrogens with zero attached hydrogens (tertiary/aromatic N) is 1. The van der Waals surface area contributed by atoms with Crippen molar-refractivity contribution >= 4 is 11.7 Å². The molecule has 1 N–H and O–H groups in total. The van der Waals surface area contributed by atoms with Crippen LogP contribution >= 0.6 is 0 Å². The number of cyclic esters (lactones) is 1. The number of rotatable bonds is 6. The third kappa shape index (κ3) is 6.69. The van der Waals surface area contributed by atoms with E-state index in [1.54, 1.807) is 6.07 Å². The van der Waals surface area contributed by atoms with Gasteiger partial charge in [0.15, 0.2) is 0 Å². The number of carbonyl (C=O) groups excluding carboxylic acids is 1. The number of benzene rings is 2. The van der Waals surface area contributed by atoms with Crippen LogP contribution in [-0.4, -0.2) is 43.3 Å². The number of hydrogen-bond acceptors (Lipinski definition) is 4.